The molecule has 5 nitrogen and oxygen atoms in total. The summed E-state index contributed by atoms with van der Waals surface area (Å²) < 4.78 is 9.93. The average Bonchev–Trinajstić information content (AvgIpc) is 2.42. The number of anilines is 1. The minimum Gasteiger partial charge on any atom is -0.469 e. The van der Waals surface area contributed by atoms with Crippen LogP contribution in [0.3, 0.4) is 0 Å². The van der Waals surface area contributed by atoms with Gasteiger partial charge in [-0.1, -0.05) is 13.0 Å². The maximum Gasteiger partial charge on any atom is 0.315 e. The first-order valence-electron chi connectivity index (χ1n) is 6.17. The van der Waals surface area contributed by atoms with Crippen molar-refractivity contribution >= 4 is 17.6 Å². The highest BCUT2D eigenvalue weighted by Crippen LogP contribution is 2.40. The van der Waals surface area contributed by atoms with Crippen molar-refractivity contribution in [2.45, 2.75) is 19.3 Å². The molecular formula is C14H17NO4. The summed E-state index contributed by atoms with van der Waals surface area (Å²) in [5, 5.41) is 2.99. The van der Waals surface area contributed by atoms with Gasteiger partial charge in [0.2, 0.25) is 0 Å². The lowest BCUT2D eigenvalue weighted by Gasteiger charge is -2.29. The van der Waals surface area contributed by atoms with Crippen molar-refractivity contribution in [1.82, 2.24) is 0 Å². The Bertz CT molecular complexity index is 512. The quantitative estimate of drug-likeness (QED) is 0.667. The van der Waals surface area contributed by atoms with Gasteiger partial charge >= 0.3 is 11.9 Å². The first kappa shape index (κ1) is 13.4. The van der Waals surface area contributed by atoms with Gasteiger partial charge in [0.15, 0.2) is 0 Å². The number of hydrogen-bond donors (Lipinski definition) is 1. The van der Waals surface area contributed by atoms with Crippen LogP contribution in [0.25, 0.3) is 0 Å². The molecule has 2 atom stereocenters. The largest absolute Gasteiger partial charge is 0.469 e. The number of hydrogen-bond acceptors (Lipinski definition) is 5. The van der Waals surface area contributed by atoms with Gasteiger partial charge < -0.3 is 14.8 Å². The number of benzene rings is 1. The van der Waals surface area contributed by atoms with Crippen molar-refractivity contribution in [3.63, 3.8) is 0 Å². The zero-order valence-electron chi connectivity index (χ0n) is 11.2. The molecule has 2 unspecified atom stereocenters. The van der Waals surface area contributed by atoms with E-state index >= 15 is 0 Å². The lowest BCUT2D eigenvalue weighted by Crippen LogP contribution is -2.32. The van der Waals surface area contributed by atoms with E-state index in [2.05, 4.69) is 10.1 Å². The highest BCUT2D eigenvalue weighted by molar-refractivity contribution is 5.84. The number of esters is 2. The summed E-state index contributed by atoms with van der Waals surface area (Å²) in [6, 6.07) is 5.63. The van der Waals surface area contributed by atoms with Crippen molar-refractivity contribution in [3.8, 4) is 5.75 Å². The molecule has 1 aromatic rings. The molecule has 1 aromatic carbocycles. The van der Waals surface area contributed by atoms with Gasteiger partial charge in [-0.05, 0) is 17.5 Å². The van der Waals surface area contributed by atoms with Gasteiger partial charge in [-0.3, -0.25) is 9.59 Å². The van der Waals surface area contributed by atoms with Crippen molar-refractivity contribution in [2.75, 3.05) is 19.5 Å². The number of nitrogens with one attached hydrogen (secondary N) is 1. The third-order valence-electron chi connectivity index (χ3n) is 3.52. The third kappa shape index (κ3) is 2.54. The second kappa shape index (κ2) is 5.30. The van der Waals surface area contributed by atoms with Gasteiger partial charge in [-0.25, -0.2) is 0 Å². The number of fused-ring (bicyclic) bond motifs is 1. The predicted molar refractivity (Wildman–Crippen MR) is 70.2 cm³/mol. The molecule has 0 aromatic heterocycles. The van der Waals surface area contributed by atoms with Crippen LogP contribution >= 0.6 is 0 Å². The topological polar surface area (TPSA) is 64.6 Å². The second-order valence-electron chi connectivity index (χ2n) is 4.60. The second-order valence-corrected chi connectivity index (χ2v) is 4.60. The lowest BCUT2D eigenvalue weighted by molar-refractivity contribution is -0.150. The van der Waals surface area contributed by atoms with Crippen molar-refractivity contribution in [3.05, 3.63) is 23.8 Å². The van der Waals surface area contributed by atoms with E-state index in [1.54, 1.807) is 13.1 Å². The fraction of sp³-hybridized carbons (Fsp3) is 0.429. The van der Waals surface area contributed by atoms with Crippen LogP contribution in [0.15, 0.2) is 18.2 Å². The molecule has 0 radical (unpaired) electrons. The van der Waals surface area contributed by atoms with Crippen LogP contribution in [0, 0.1) is 5.92 Å². The fourth-order valence-corrected chi connectivity index (χ4v) is 2.28. The Morgan fingerprint density at radius 3 is 2.84 bits per heavy atom. The molecule has 0 spiro atoms. The SMILES string of the molecule is CNc1ccc2c(c1)OC(=O)C(CC(=O)OC)C2C. The zero-order chi connectivity index (χ0) is 14.0. The average molecular weight is 263 g/mol. The lowest BCUT2D eigenvalue weighted by atomic mass is 9.83. The van der Waals surface area contributed by atoms with Gasteiger partial charge in [0.05, 0.1) is 19.4 Å². The molecule has 5 heteroatoms. The normalized spacial score (nSPS) is 21.3. The Labute approximate surface area is 111 Å². The zero-order valence-corrected chi connectivity index (χ0v) is 11.2. The van der Waals surface area contributed by atoms with Crippen LogP contribution < -0.4 is 10.1 Å². The summed E-state index contributed by atoms with van der Waals surface area (Å²) in [5.74, 6) is -0.769. The number of rotatable bonds is 3. The van der Waals surface area contributed by atoms with Crippen LogP contribution in [0.4, 0.5) is 5.69 Å². The monoisotopic (exact) mass is 263 g/mol. The van der Waals surface area contributed by atoms with Crippen molar-refractivity contribution < 1.29 is 19.1 Å². The Kier molecular flexibility index (Phi) is 3.74. The number of methoxy groups -OCH3 is 1. The molecule has 1 aliphatic heterocycles. The van der Waals surface area contributed by atoms with Crippen molar-refractivity contribution in [1.29, 1.82) is 0 Å². The number of ether oxygens (including phenoxy) is 2. The summed E-state index contributed by atoms with van der Waals surface area (Å²) >= 11 is 0. The Hall–Kier alpha value is -2.04. The van der Waals surface area contributed by atoms with E-state index in [1.807, 2.05) is 19.1 Å². The smallest absolute Gasteiger partial charge is 0.315 e. The highest BCUT2D eigenvalue weighted by atomic mass is 16.5. The molecule has 1 N–H and O–H groups in total. The van der Waals surface area contributed by atoms with Crippen LogP contribution in [-0.4, -0.2) is 26.1 Å². The maximum atomic E-state index is 12.0. The molecular weight excluding hydrogens is 246 g/mol. The molecule has 0 aliphatic carbocycles. The molecule has 19 heavy (non-hydrogen) atoms. The van der Waals surface area contributed by atoms with Gasteiger partial charge in [0.25, 0.3) is 0 Å². The molecule has 0 saturated carbocycles. The maximum absolute atomic E-state index is 12.0. The van der Waals surface area contributed by atoms with Crippen LogP contribution in [0.2, 0.25) is 0 Å². The number of carbonyl (C=O) groups excluding carboxylic acids is 2. The molecule has 0 fully saturated rings. The summed E-state index contributed by atoms with van der Waals surface area (Å²) in [4.78, 5) is 23.3. The Morgan fingerprint density at radius 1 is 1.47 bits per heavy atom. The minimum atomic E-state index is -0.486. The van der Waals surface area contributed by atoms with Gasteiger partial charge in [0, 0.05) is 18.8 Å². The summed E-state index contributed by atoms with van der Waals surface area (Å²) in [7, 11) is 3.12. The van der Waals surface area contributed by atoms with Crippen LogP contribution in [-0.2, 0) is 14.3 Å². The molecule has 0 amide bonds. The fourth-order valence-electron chi connectivity index (χ4n) is 2.28. The van der Waals surface area contributed by atoms with E-state index < -0.39 is 11.9 Å². The molecule has 0 bridgehead atoms. The molecule has 1 heterocycles. The first-order chi connectivity index (χ1) is 9.06. The molecule has 1 aliphatic rings. The standard InChI is InChI=1S/C14H17NO4/c1-8-10-5-4-9(15-2)6-12(10)19-14(17)11(8)7-13(16)18-3/h4-6,8,11,15H,7H2,1-3H3. The van der Waals surface area contributed by atoms with E-state index in [-0.39, 0.29) is 18.3 Å². The van der Waals surface area contributed by atoms with Gasteiger partial charge in [-0.15, -0.1) is 0 Å². The summed E-state index contributed by atoms with van der Waals surface area (Å²) in [5.41, 5.74) is 1.82. The summed E-state index contributed by atoms with van der Waals surface area (Å²) in [6.07, 6.45) is 0.0454. The van der Waals surface area contributed by atoms with Crippen molar-refractivity contribution in [2.24, 2.45) is 5.92 Å². The highest BCUT2D eigenvalue weighted by Gasteiger charge is 2.36. The van der Waals surface area contributed by atoms with E-state index in [1.165, 1.54) is 7.11 Å². The van der Waals surface area contributed by atoms with E-state index in [9.17, 15) is 9.59 Å². The van der Waals surface area contributed by atoms with Crippen LogP contribution in [0.1, 0.15) is 24.8 Å². The van der Waals surface area contributed by atoms with E-state index in [4.69, 9.17) is 4.74 Å². The summed E-state index contributed by atoms with van der Waals surface area (Å²) in [6.45, 7) is 1.92. The Balaban J connectivity index is 2.29. The molecule has 2 rings (SSSR count). The van der Waals surface area contributed by atoms with E-state index in [0.717, 1.165) is 11.3 Å². The minimum absolute atomic E-state index is 0.0454. The van der Waals surface area contributed by atoms with Crippen LogP contribution in [0.5, 0.6) is 5.75 Å². The first-order valence-corrected chi connectivity index (χ1v) is 6.17. The Morgan fingerprint density at radius 2 is 2.21 bits per heavy atom. The van der Waals surface area contributed by atoms with Gasteiger partial charge in [-0.2, -0.15) is 0 Å². The third-order valence-corrected chi connectivity index (χ3v) is 3.52. The van der Waals surface area contributed by atoms with E-state index in [0.29, 0.717) is 5.75 Å². The predicted octanol–water partition coefficient (Wildman–Crippen LogP) is 1.93. The van der Waals surface area contributed by atoms with Gasteiger partial charge in [0.1, 0.15) is 5.75 Å². The molecule has 102 valence electrons. The molecule has 0 saturated heterocycles. The number of carbonyl (C=O) groups is 2.